The fourth-order valence-corrected chi connectivity index (χ4v) is 4.70. The molecule has 2 aromatic carbocycles. The van der Waals surface area contributed by atoms with Crippen LogP contribution in [0.1, 0.15) is 36.4 Å². The lowest BCUT2D eigenvalue weighted by atomic mass is 9.91. The van der Waals surface area contributed by atoms with Crippen LogP contribution in [0.3, 0.4) is 0 Å². The van der Waals surface area contributed by atoms with Crippen molar-refractivity contribution in [3.63, 3.8) is 0 Å². The SMILES string of the molecule is N=C(/C=C(/N)NC(c1ccccc1)c1ccccc1)C1CCN(C2=NCC(CC(F)F)C=C2)CC1. The predicted molar refractivity (Wildman–Crippen MR) is 138 cm³/mol. The molecule has 35 heavy (non-hydrogen) atoms. The Kier molecular flexibility index (Phi) is 8.29. The summed E-state index contributed by atoms with van der Waals surface area (Å²) in [7, 11) is 0. The van der Waals surface area contributed by atoms with Crippen molar-refractivity contribution in [3.05, 3.63) is 95.8 Å². The minimum Gasteiger partial charge on any atom is -0.385 e. The normalized spacial score (nSPS) is 19.2. The molecule has 0 spiro atoms. The van der Waals surface area contributed by atoms with Crippen LogP contribution in [0.2, 0.25) is 0 Å². The number of aliphatic imine (C=N–C) groups is 1. The Morgan fingerprint density at radius 1 is 1.06 bits per heavy atom. The highest BCUT2D eigenvalue weighted by Crippen LogP contribution is 2.24. The number of benzene rings is 2. The average molecular weight is 478 g/mol. The highest BCUT2D eigenvalue weighted by Gasteiger charge is 2.25. The Labute approximate surface area is 205 Å². The largest absolute Gasteiger partial charge is 0.385 e. The zero-order chi connectivity index (χ0) is 24.6. The summed E-state index contributed by atoms with van der Waals surface area (Å²) >= 11 is 0. The first-order valence-corrected chi connectivity index (χ1v) is 12.2. The fourth-order valence-electron chi connectivity index (χ4n) is 4.70. The molecule has 2 aliphatic heterocycles. The van der Waals surface area contributed by atoms with E-state index in [4.69, 9.17) is 11.1 Å². The number of nitrogens with two attached hydrogens (primary N) is 1. The molecule has 7 heteroatoms. The monoisotopic (exact) mass is 477 g/mol. The van der Waals surface area contributed by atoms with E-state index in [0.29, 0.717) is 18.1 Å². The Hall–Kier alpha value is -3.48. The zero-order valence-electron chi connectivity index (χ0n) is 19.8. The number of alkyl halides is 2. The number of nitrogens with one attached hydrogen (secondary N) is 2. The molecular formula is C28H33F2N5. The van der Waals surface area contributed by atoms with E-state index < -0.39 is 6.43 Å². The molecular weight excluding hydrogens is 444 g/mol. The van der Waals surface area contributed by atoms with Crippen molar-refractivity contribution in [2.45, 2.75) is 31.7 Å². The Bertz CT molecular complexity index is 1020. The van der Waals surface area contributed by atoms with Gasteiger partial charge in [-0.05, 0) is 36.1 Å². The molecule has 0 aromatic heterocycles. The number of piperidine rings is 1. The van der Waals surface area contributed by atoms with Gasteiger partial charge in [0.2, 0.25) is 6.43 Å². The maximum atomic E-state index is 12.6. The van der Waals surface area contributed by atoms with E-state index in [1.807, 2.05) is 48.6 Å². The van der Waals surface area contributed by atoms with Gasteiger partial charge in [0.25, 0.3) is 0 Å². The van der Waals surface area contributed by atoms with Crippen molar-refractivity contribution < 1.29 is 8.78 Å². The van der Waals surface area contributed by atoms with Gasteiger partial charge in [-0.1, -0.05) is 66.7 Å². The molecule has 184 valence electrons. The van der Waals surface area contributed by atoms with Crippen molar-refractivity contribution in [2.24, 2.45) is 22.6 Å². The second-order valence-corrected chi connectivity index (χ2v) is 9.16. The van der Waals surface area contributed by atoms with Gasteiger partial charge in [0, 0.05) is 43.6 Å². The maximum Gasteiger partial charge on any atom is 0.239 e. The summed E-state index contributed by atoms with van der Waals surface area (Å²) in [5.41, 5.74) is 9.09. The van der Waals surface area contributed by atoms with E-state index in [2.05, 4.69) is 39.5 Å². The van der Waals surface area contributed by atoms with Crippen LogP contribution in [0.15, 0.2) is 89.7 Å². The lowest BCUT2D eigenvalue weighted by Crippen LogP contribution is -2.40. The second-order valence-electron chi connectivity index (χ2n) is 9.16. The molecule has 4 N–H and O–H groups in total. The summed E-state index contributed by atoms with van der Waals surface area (Å²) in [6.07, 6.45) is 4.70. The molecule has 0 bridgehead atoms. The topological polar surface area (TPSA) is 77.5 Å². The van der Waals surface area contributed by atoms with Crippen LogP contribution >= 0.6 is 0 Å². The van der Waals surface area contributed by atoms with Gasteiger partial charge in [0.1, 0.15) is 5.84 Å². The molecule has 2 aliphatic rings. The van der Waals surface area contributed by atoms with Gasteiger partial charge in [0.05, 0.1) is 11.9 Å². The van der Waals surface area contributed by atoms with E-state index in [9.17, 15) is 8.78 Å². The Morgan fingerprint density at radius 2 is 1.66 bits per heavy atom. The first-order valence-electron chi connectivity index (χ1n) is 12.2. The number of hydrogen-bond donors (Lipinski definition) is 3. The van der Waals surface area contributed by atoms with Crippen LogP contribution in [0, 0.1) is 17.2 Å². The van der Waals surface area contributed by atoms with Gasteiger partial charge in [0.15, 0.2) is 0 Å². The van der Waals surface area contributed by atoms with E-state index >= 15 is 0 Å². The number of nitrogens with zero attached hydrogens (tertiary/aromatic N) is 2. The van der Waals surface area contributed by atoms with Crippen LogP contribution in [-0.4, -0.2) is 42.5 Å². The molecule has 5 nitrogen and oxygen atoms in total. The highest BCUT2D eigenvalue weighted by molar-refractivity contribution is 5.96. The van der Waals surface area contributed by atoms with Crippen molar-refractivity contribution >= 4 is 11.5 Å². The molecule has 0 amide bonds. The van der Waals surface area contributed by atoms with E-state index in [0.717, 1.165) is 42.9 Å². The number of halogens is 2. The predicted octanol–water partition coefficient (Wildman–Crippen LogP) is 5.14. The number of likely N-dealkylation sites (tertiary alicyclic amines) is 1. The third-order valence-corrected chi connectivity index (χ3v) is 6.63. The lowest BCUT2D eigenvalue weighted by molar-refractivity contribution is 0.124. The summed E-state index contributed by atoms with van der Waals surface area (Å²) in [5, 5.41) is 12.0. The minimum atomic E-state index is -2.30. The van der Waals surface area contributed by atoms with Crippen LogP contribution in [0.25, 0.3) is 0 Å². The molecule has 0 radical (unpaired) electrons. The minimum absolute atomic E-state index is 0.103. The van der Waals surface area contributed by atoms with Crippen LogP contribution < -0.4 is 11.1 Å². The van der Waals surface area contributed by atoms with Gasteiger partial charge < -0.3 is 21.4 Å². The molecule has 1 unspecified atom stereocenters. The van der Waals surface area contributed by atoms with Crippen molar-refractivity contribution in [2.75, 3.05) is 19.6 Å². The second kappa shape index (κ2) is 11.8. The molecule has 0 aliphatic carbocycles. The molecule has 1 atom stereocenters. The molecule has 2 heterocycles. The zero-order valence-corrected chi connectivity index (χ0v) is 19.8. The quantitative estimate of drug-likeness (QED) is 0.461. The number of amidine groups is 1. The number of dihydropyridines is 1. The Morgan fingerprint density at radius 3 is 2.17 bits per heavy atom. The number of allylic oxidation sites excluding steroid dienone is 1. The van der Waals surface area contributed by atoms with Crippen LogP contribution in [0.5, 0.6) is 0 Å². The lowest BCUT2D eigenvalue weighted by Gasteiger charge is -2.34. The Balaban J connectivity index is 1.34. The fraction of sp³-hybridized carbons (Fsp3) is 0.357. The summed E-state index contributed by atoms with van der Waals surface area (Å²) in [6, 6.07) is 20.2. The van der Waals surface area contributed by atoms with Crippen molar-refractivity contribution in [1.29, 1.82) is 5.41 Å². The van der Waals surface area contributed by atoms with E-state index in [1.165, 1.54) is 0 Å². The van der Waals surface area contributed by atoms with Crippen molar-refractivity contribution in [3.8, 4) is 0 Å². The average Bonchev–Trinajstić information content (AvgIpc) is 2.88. The third kappa shape index (κ3) is 6.78. The molecule has 2 aromatic rings. The third-order valence-electron chi connectivity index (χ3n) is 6.63. The van der Waals surface area contributed by atoms with Gasteiger partial charge in [-0.3, -0.25) is 4.99 Å². The van der Waals surface area contributed by atoms with E-state index in [1.54, 1.807) is 6.08 Å². The van der Waals surface area contributed by atoms with Gasteiger partial charge >= 0.3 is 0 Å². The first kappa shape index (κ1) is 24.6. The summed E-state index contributed by atoms with van der Waals surface area (Å²) in [5.74, 6) is 1.28. The number of rotatable bonds is 8. The number of hydrogen-bond acceptors (Lipinski definition) is 5. The molecule has 1 fully saturated rings. The summed E-state index contributed by atoms with van der Waals surface area (Å²) in [4.78, 5) is 6.71. The van der Waals surface area contributed by atoms with Crippen molar-refractivity contribution in [1.82, 2.24) is 10.2 Å². The van der Waals surface area contributed by atoms with Gasteiger partial charge in [-0.2, -0.15) is 0 Å². The molecule has 4 rings (SSSR count). The molecule has 1 saturated heterocycles. The summed E-state index contributed by atoms with van der Waals surface area (Å²) < 4.78 is 25.2. The smallest absolute Gasteiger partial charge is 0.239 e. The highest BCUT2D eigenvalue weighted by atomic mass is 19.3. The van der Waals surface area contributed by atoms with E-state index in [-0.39, 0.29) is 24.3 Å². The standard InChI is InChI=1S/C28H33F2N5/c29-25(30)17-20-11-12-27(33-19-20)35-15-13-21(14-16-35)24(31)18-26(32)34-28(22-7-3-1-4-8-22)23-9-5-2-6-10-23/h1-12,18,20-21,25,28,31,34H,13-17,19,32H2/b26-18-,31-24?. The summed E-state index contributed by atoms with van der Waals surface area (Å²) in [6.45, 7) is 1.99. The molecule has 0 saturated carbocycles. The van der Waals surface area contributed by atoms with Gasteiger partial charge in [-0.15, -0.1) is 0 Å². The van der Waals surface area contributed by atoms with Crippen LogP contribution in [-0.2, 0) is 0 Å². The first-order chi connectivity index (χ1) is 17.0. The van der Waals surface area contributed by atoms with Crippen LogP contribution in [0.4, 0.5) is 8.78 Å². The van der Waals surface area contributed by atoms with Gasteiger partial charge in [-0.25, -0.2) is 8.78 Å². The maximum absolute atomic E-state index is 12.6.